The molecule has 0 spiro atoms. The van der Waals surface area contributed by atoms with Crippen molar-refractivity contribution in [3.05, 3.63) is 44.4 Å². The Morgan fingerprint density at radius 1 is 1.42 bits per heavy atom. The van der Waals surface area contributed by atoms with Crippen molar-refractivity contribution in [2.75, 3.05) is 5.32 Å². The van der Waals surface area contributed by atoms with Crippen molar-refractivity contribution < 1.29 is 4.79 Å². The van der Waals surface area contributed by atoms with Crippen molar-refractivity contribution in [1.29, 1.82) is 0 Å². The normalized spacial score (nSPS) is 10.5. The Bertz CT molecular complexity index is 622. The molecule has 1 aromatic heterocycles. The molecular formula is C14H15BrN2OS. The minimum absolute atomic E-state index is 0.119. The molecule has 0 radical (unpaired) electrons. The fourth-order valence-corrected chi connectivity index (χ4v) is 2.91. The minimum Gasteiger partial charge on any atom is -0.298 e. The second-order valence-corrected chi connectivity index (χ2v) is 6.35. The maximum atomic E-state index is 12.1. The van der Waals surface area contributed by atoms with Crippen LogP contribution in [0.2, 0.25) is 0 Å². The summed E-state index contributed by atoms with van der Waals surface area (Å²) in [4.78, 5) is 17.7. The van der Waals surface area contributed by atoms with Crippen molar-refractivity contribution in [3.8, 4) is 0 Å². The van der Waals surface area contributed by atoms with E-state index in [1.807, 2.05) is 26.0 Å². The summed E-state index contributed by atoms with van der Waals surface area (Å²) in [7, 11) is 0. The van der Waals surface area contributed by atoms with Crippen molar-refractivity contribution in [1.82, 2.24) is 4.98 Å². The van der Waals surface area contributed by atoms with E-state index in [0.717, 1.165) is 27.0 Å². The summed E-state index contributed by atoms with van der Waals surface area (Å²) >= 11 is 4.94. The van der Waals surface area contributed by atoms with Gasteiger partial charge in [-0.15, -0.1) is 11.3 Å². The van der Waals surface area contributed by atoms with Gasteiger partial charge in [-0.3, -0.25) is 10.1 Å². The Hall–Kier alpha value is -1.20. The van der Waals surface area contributed by atoms with Gasteiger partial charge in [0.2, 0.25) is 0 Å². The fourth-order valence-electron chi connectivity index (χ4n) is 1.76. The molecule has 0 bridgehead atoms. The zero-order valence-corrected chi connectivity index (χ0v) is 13.5. The highest BCUT2D eigenvalue weighted by Crippen LogP contribution is 2.23. The van der Waals surface area contributed by atoms with E-state index in [1.165, 1.54) is 11.3 Å². The van der Waals surface area contributed by atoms with Gasteiger partial charge in [-0.1, -0.05) is 22.9 Å². The Balaban J connectivity index is 2.18. The Morgan fingerprint density at radius 3 is 2.74 bits per heavy atom. The Labute approximate surface area is 125 Å². The lowest BCUT2D eigenvalue weighted by Crippen LogP contribution is -2.11. The molecule has 1 amide bonds. The lowest BCUT2D eigenvalue weighted by molar-refractivity contribution is 0.102. The summed E-state index contributed by atoms with van der Waals surface area (Å²) in [5, 5.41) is 3.52. The second kappa shape index (κ2) is 5.84. The fraction of sp³-hybridized carbons (Fsp3) is 0.286. The number of hydrogen-bond acceptors (Lipinski definition) is 3. The SMILES string of the molecule is CCc1nc(NC(=O)c2ccc(Br)c(C)c2)sc1C. The molecule has 0 atom stereocenters. The number of carbonyl (C=O) groups excluding carboxylic acids is 1. The number of benzene rings is 1. The summed E-state index contributed by atoms with van der Waals surface area (Å²) < 4.78 is 1.00. The van der Waals surface area contributed by atoms with Gasteiger partial charge in [0.25, 0.3) is 5.91 Å². The molecule has 0 unspecified atom stereocenters. The number of nitrogens with one attached hydrogen (secondary N) is 1. The van der Waals surface area contributed by atoms with Gasteiger partial charge < -0.3 is 0 Å². The standard InChI is InChI=1S/C14H15BrN2OS/c1-4-12-9(3)19-14(16-12)17-13(18)10-5-6-11(15)8(2)7-10/h5-7H,4H2,1-3H3,(H,16,17,18). The van der Waals surface area contributed by atoms with E-state index < -0.39 is 0 Å². The van der Waals surface area contributed by atoms with Gasteiger partial charge >= 0.3 is 0 Å². The number of rotatable bonds is 3. The summed E-state index contributed by atoms with van der Waals surface area (Å²) in [6.07, 6.45) is 0.885. The van der Waals surface area contributed by atoms with Gasteiger partial charge in [0.1, 0.15) is 0 Å². The van der Waals surface area contributed by atoms with Crippen molar-refractivity contribution in [2.24, 2.45) is 0 Å². The smallest absolute Gasteiger partial charge is 0.257 e. The van der Waals surface area contributed by atoms with Crippen LogP contribution in [0.5, 0.6) is 0 Å². The maximum absolute atomic E-state index is 12.1. The molecule has 0 aliphatic heterocycles. The zero-order valence-electron chi connectivity index (χ0n) is 11.1. The Morgan fingerprint density at radius 2 is 2.16 bits per heavy atom. The topological polar surface area (TPSA) is 42.0 Å². The molecule has 2 aromatic rings. The zero-order chi connectivity index (χ0) is 14.0. The summed E-state index contributed by atoms with van der Waals surface area (Å²) in [6.45, 7) is 6.05. The minimum atomic E-state index is -0.119. The molecule has 100 valence electrons. The van der Waals surface area contributed by atoms with Gasteiger partial charge in [0.15, 0.2) is 5.13 Å². The van der Waals surface area contributed by atoms with E-state index in [2.05, 4.69) is 33.2 Å². The van der Waals surface area contributed by atoms with Crippen molar-refractivity contribution in [2.45, 2.75) is 27.2 Å². The molecule has 0 aliphatic carbocycles. The number of thiazole rings is 1. The van der Waals surface area contributed by atoms with Crippen LogP contribution in [0, 0.1) is 13.8 Å². The first-order valence-electron chi connectivity index (χ1n) is 6.05. The molecular weight excluding hydrogens is 324 g/mol. The first-order chi connectivity index (χ1) is 9.01. The number of amides is 1. The number of carbonyl (C=O) groups is 1. The lowest BCUT2D eigenvalue weighted by atomic mass is 10.1. The molecule has 5 heteroatoms. The van der Waals surface area contributed by atoms with E-state index in [1.54, 1.807) is 6.07 Å². The molecule has 0 fully saturated rings. The third-order valence-corrected chi connectivity index (χ3v) is 4.69. The van der Waals surface area contributed by atoms with Crippen LogP contribution >= 0.6 is 27.3 Å². The van der Waals surface area contributed by atoms with Crippen LogP contribution in [0.15, 0.2) is 22.7 Å². The van der Waals surface area contributed by atoms with Crippen LogP contribution < -0.4 is 5.32 Å². The summed E-state index contributed by atoms with van der Waals surface area (Å²) in [5.74, 6) is -0.119. The average Bonchev–Trinajstić information content (AvgIpc) is 2.72. The average molecular weight is 339 g/mol. The number of nitrogens with zero attached hydrogens (tertiary/aromatic N) is 1. The number of halogens is 1. The third-order valence-electron chi connectivity index (χ3n) is 2.87. The summed E-state index contributed by atoms with van der Waals surface area (Å²) in [6, 6.07) is 5.54. The van der Waals surface area contributed by atoms with Crippen molar-refractivity contribution >= 4 is 38.3 Å². The number of anilines is 1. The first kappa shape index (κ1) is 14.2. The van der Waals surface area contributed by atoms with E-state index in [-0.39, 0.29) is 5.91 Å². The monoisotopic (exact) mass is 338 g/mol. The van der Waals surface area contributed by atoms with Crippen LogP contribution in [-0.2, 0) is 6.42 Å². The van der Waals surface area contributed by atoms with Crippen LogP contribution in [-0.4, -0.2) is 10.9 Å². The van der Waals surface area contributed by atoms with E-state index in [4.69, 9.17) is 0 Å². The molecule has 1 N–H and O–H groups in total. The molecule has 0 aliphatic rings. The number of aryl methyl sites for hydroxylation is 3. The largest absolute Gasteiger partial charge is 0.298 e. The first-order valence-corrected chi connectivity index (χ1v) is 7.66. The molecule has 0 saturated carbocycles. The highest BCUT2D eigenvalue weighted by atomic mass is 79.9. The van der Waals surface area contributed by atoms with Gasteiger partial charge in [0.05, 0.1) is 5.69 Å². The van der Waals surface area contributed by atoms with Crippen LogP contribution in [0.4, 0.5) is 5.13 Å². The van der Waals surface area contributed by atoms with Crippen molar-refractivity contribution in [3.63, 3.8) is 0 Å². The predicted octanol–water partition coefficient (Wildman–Crippen LogP) is 4.34. The Kier molecular flexibility index (Phi) is 4.37. The van der Waals surface area contributed by atoms with E-state index in [9.17, 15) is 4.79 Å². The van der Waals surface area contributed by atoms with Crippen LogP contribution in [0.3, 0.4) is 0 Å². The van der Waals surface area contributed by atoms with E-state index in [0.29, 0.717) is 10.7 Å². The van der Waals surface area contributed by atoms with Crippen LogP contribution in [0.25, 0.3) is 0 Å². The van der Waals surface area contributed by atoms with Gasteiger partial charge in [-0.05, 0) is 44.0 Å². The van der Waals surface area contributed by atoms with Crippen LogP contribution in [0.1, 0.15) is 33.4 Å². The molecule has 2 rings (SSSR count). The lowest BCUT2D eigenvalue weighted by Gasteiger charge is -2.04. The predicted molar refractivity (Wildman–Crippen MR) is 83.1 cm³/mol. The summed E-state index contributed by atoms with van der Waals surface area (Å²) in [5.41, 5.74) is 2.73. The number of aromatic nitrogens is 1. The molecule has 1 heterocycles. The second-order valence-electron chi connectivity index (χ2n) is 4.29. The molecule has 3 nitrogen and oxygen atoms in total. The molecule has 0 saturated heterocycles. The highest BCUT2D eigenvalue weighted by molar-refractivity contribution is 9.10. The quantitative estimate of drug-likeness (QED) is 0.904. The molecule has 1 aromatic carbocycles. The van der Waals surface area contributed by atoms with Gasteiger partial charge in [0, 0.05) is 14.9 Å². The third kappa shape index (κ3) is 3.22. The molecule has 19 heavy (non-hydrogen) atoms. The highest BCUT2D eigenvalue weighted by Gasteiger charge is 2.11. The van der Waals surface area contributed by atoms with Gasteiger partial charge in [-0.2, -0.15) is 0 Å². The van der Waals surface area contributed by atoms with Gasteiger partial charge in [-0.25, -0.2) is 4.98 Å². The number of hydrogen-bond donors (Lipinski definition) is 1. The van der Waals surface area contributed by atoms with E-state index >= 15 is 0 Å². The maximum Gasteiger partial charge on any atom is 0.257 e.